The quantitative estimate of drug-likeness (QED) is 0.787. The fraction of sp³-hybridized carbons (Fsp3) is 0.700. The van der Waals surface area contributed by atoms with Crippen molar-refractivity contribution in [1.82, 2.24) is 25.1 Å². The van der Waals surface area contributed by atoms with E-state index in [-0.39, 0.29) is 11.8 Å². The van der Waals surface area contributed by atoms with Gasteiger partial charge in [0.1, 0.15) is 5.69 Å². The predicted molar refractivity (Wildman–Crippen MR) is 103 cm³/mol. The van der Waals surface area contributed by atoms with E-state index in [4.69, 9.17) is 0 Å². The molecule has 0 radical (unpaired) electrons. The second kappa shape index (κ2) is 9.78. The molecular weight excluding hydrogens is 342 g/mol. The van der Waals surface area contributed by atoms with Crippen LogP contribution in [0.1, 0.15) is 55.9 Å². The molecule has 27 heavy (non-hydrogen) atoms. The summed E-state index contributed by atoms with van der Waals surface area (Å²) in [6, 6.07) is 0.509. The van der Waals surface area contributed by atoms with Crippen LogP contribution in [0, 0.1) is 5.92 Å². The normalized spacial score (nSPS) is 21.4. The van der Waals surface area contributed by atoms with Gasteiger partial charge >= 0.3 is 0 Å². The smallest absolute Gasteiger partial charge is 0.274 e. The van der Waals surface area contributed by atoms with E-state index in [9.17, 15) is 9.59 Å². The van der Waals surface area contributed by atoms with Crippen molar-refractivity contribution in [2.24, 2.45) is 5.92 Å². The van der Waals surface area contributed by atoms with Gasteiger partial charge in [-0.15, -0.1) is 0 Å². The Morgan fingerprint density at radius 2 is 2.00 bits per heavy atom. The summed E-state index contributed by atoms with van der Waals surface area (Å²) in [5.74, 6) is 0.632. The van der Waals surface area contributed by atoms with E-state index in [1.54, 1.807) is 12.4 Å². The number of aromatic nitrogens is 2. The van der Waals surface area contributed by atoms with Crippen LogP contribution in [0.25, 0.3) is 0 Å². The predicted octanol–water partition coefficient (Wildman–Crippen LogP) is 1.71. The van der Waals surface area contributed by atoms with Crippen molar-refractivity contribution in [3.8, 4) is 0 Å². The van der Waals surface area contributed by atoms with E-state index < -0.39 is 0 Å². The summed E-state index contributed by atoms with van der Waals surface area (Å²) in [5.41, 5.74) is 0.406. The lowest BCUT2D eigenvalue weighted by Crippen LogP contribution is -2.40. The van der Waals surface area contributed by atoms with Gasteiger partial charge in [0, 0.05) is 44.5 Å². The second-order valence-electron chi connectivity index (χ2n) is 7.59. The van der Waals surface area contributed by atoms with Crippen LogP contribution >= 0.6 is 0 Å². The standard InChI is InChI=1S/C20H31N5O2/c1-2-24-11-3-4-17(24)14-23-19(26)6-5-16-7-12-25(13-8-16)20(27)18-15-21-9-10-22-18/h9-10,15-17H,2-8,11-14H2,1H3,(H,23,26). The van der Waals surface area contributed by atoms with Crippen LogP contribution in [0.15, 0.2) is 18.6 Å². The van der Waals surface area contributed by atoms with Crippen LogP contribution in [0.3, 0.4) is 0 Å². The molecule has 2 fully saturated rings. The van der Waals surface area contributed by atoms with Crippen molar-refractivity contribution >= 4 is 11.8 Å². The Labute approximate surface area is 161 Å². The monoisotopic (exact) mass is 373 g/mol. The van der Waals surface area contributed by atoms with Gasteiger partial charge in [0.2, 0.25) is 5.91 Å². The van der Waals surface area contributed by atoms with Crippen LogP contribution in [-0.2, 0) is 4.79 Å². The topological polar surface area (TPSA) is 78.4 Å². The molecule has 148 valence electrons. The number of nitrogens with one attached hydrogen (secondary N) is 1. The number of rotatable bonds is 7. The summed E-state index contributed by atoms with van der Waals surface area (Å²) in [4.78, 5) is 36.9. The molecule has 1 unspecified atom stereocenters. The summed E-state index contributed by atoms with van der Waals surface area (Å²) < 4.78 is 0. The van der Waals surface area contributed by atoms with Gasteiger partial charge in [-0.3, -0.25) is 19.5 Å². The fourth-order valence-corrected chi connectivity index (χ4v) is 4.19. The molecule has 0 spiro atoms. The average molecular weight is 374 g/mol. The number of amides is 2. The largest absolute Gasteiger partial charge is 0.355 e. The van der Waals surface area contributed by atoms with Crippen LogP contribution in [0.4, 0.5) is 0 Å². The highest BCUT2D eigenvalue weighted by molar-refractivity contribution is 5.92. The number of piperidine rings is 1. The molecule has 1 atom stereocenters. The summed E-state index contributed by atoms with van der Waals surface area (Å²) in [7, 11) is 0. The zero-order valence-electron chi connectivity index (χ0n) is 16.3. The molecule has 3 heterocycles. The number of carbonyl (C=O) groups is 2. The van der Waals surface area contributed by atoms with Gasteiger partial charge in [-0.2, -0.15) is 0 Å². The van der Waals surface area contributed by atoms with Crippen LogP contribution in [-0.4, -0.2) is 70.3 Å². The van der Waals surface area contributed by atoms with E-state index in [1.165, 1.54) is 19.0 Å². The molecule has 1 aromatic rings. The number of hydrogen-bond donors (Lipinski definition) is 1. The van der Waals surface area contributed by atoms with Crippen LogP contribution in [0.5, 0.6) is 0 Å². The minimum Gasteiger partial charge on any atom is -0.355 e. The molecule has 0 bridgehead atoms. The first-order chi connectivity index (χ1) is 13.2. The van der Waals surface area contributed by atoms with E-state index >= 15 is 0 Å². The third kappa shape index (κ3) is 5.48. The summed E-state index contributed by atoms with van der Waals surface area (Å²) in [6.07, 6.45) is 10.4. The second-order valence-corrected chi connectivity index (χ2v) is 7.59. The Morgan fingerprint density at radius 1 is 1.19 bits per heavy atom. The number of likely N-dealkylation sites (N-methyl/N-ethyl adjacent to an activating group) is 1. The number of likely N-dealkylation sites (tertiary alicyclic amines) is 2. The molecule has 0 aliphatic carbocycles. The molecule has 2 saturated heterocycles. The lowest BCUT2D eigenvalue weighted by Gasteiger charge is -2.31. The SMILES string of the molecule is CCN1CCCC1CNC(=O)CCC1CCN(C(=O)c2cnccn2)CC1. The minimum atomic E-state index is -0.0451. The van der Waals surface area contributed by atoms with Crippen molar-refractivity contribution in [1.29, 1.82) is 0 Å². The Bertz CT molecular complexity index is 616. The van der Waals surface area contributed by atoms with E-state index in [2.05, 4.69) is 27.1 Å². The number of hydrogen-bond acceptors (Lipinski definition) is 5. The van der Waals surface area contributed by atoms with E-state index in [0.29, 0.717) is 24.1 Å². The van der Waals surface area contributed by atoms with Crippen LogP contribution < -0.4 is 5.32 Å². The summed E-state index contributed by atoms with van der Waals surface area (Å²) in [5, 5.41) is 3.12. The molecule has 7 heteroatoms. The Balaban J connectivity index is 1.33. The molecule has 7 nitrogen and oxygen atoms in total. The van der Waals surface area contributed by atoms with Crippen molar-refractivity contribution in [3.05, 3.63) is 24.3 Å². The van der Waals surface area contributed by atoms with Gasteiger partial charge < -0.3 is 10.2 Å². The van der Waals surface area contributed by atoms with E-state index in [0.717, 1.165) is 52.0 Å². The fourth-order valence-electron chi connectivity index (χ4n) is 4.19. The first-order valence-corrected chi connectivity index (χ1v) is 10.2. The van der Waals surface area contributed by atoms with Crippen molar-refractivity contribution in [2.45, 2.75) is 51.5 Å². The van der Waals surface area contributed by atoms with Crippen molar-refractivity contribution < 1.29 is 9.59 Å². The Morgan fingerprint density at radius 3 is 2.70 bits per heavy atom. The van der Waals surface area contributed by atoms with Crippen LogP contribution in [0.2, 0.25) is 0 Å². The van der Waals surface area contributed by atoms with Gasteiger partial charge in [-0.1, -0.05) is 6.92 Å². The van der Waals surface area contributed by atoms with Gasteiger partial charge in [0.05, 0.1) is 6.20 Å². The average Bonchev–Trinajstić information content (AvgIpc) is 3.19. The highest BCUT2D eigenvalue weighted by Crippen LogP contribution is 2.23. The van der Waals surface area contributed by atoms with Gasteiger partial charge in [0.15, 0.2) is 0 Å². The molecule has 2 aliphatic heterocycles. The molecule has 2 amide bonds. The van der Waals surface area contributed by atoms with Crippen molar-refractivity contribution in [3.63, 3.8) is 0 Å². The summed E-state index contributed by atoms with van der Waals surface area (Å²) >= 11 is 0. The number of carbonyl (C=O) groups excluding carboxylic acids is 2. The van der Waals surface area contributed by atoms with Gasteiger partial charge in [0.25, 0.3) is 5.91 Å². The number of nitrogens with zero attached hydrogens (tertiary/aromatic N) is 4. The highest BCUT2D eigenvalue weighted by atomic mass is 16.2. The maximum atomic E-state index is 12.4. The third-order valence-corrected chi connectivity index (χ3v) is 5.90. The van der Waals surface area contributed by atoms with Gasteiger partial charge in [-0.25, -0.2) is 4.98 Å². The third-order valence-electron chi connectivity index (χ3n) is 5.90. The molecule has 1 aromatic heterocycles. The lowest BCUT2D eigenvalue weighted by atomic mass is 9.92. The van der Waals surface area contributed by atoms with Gasteiger partial charge in [-0.05, 0) is 51.1 Å². The maximum absolute atomic E-state index is 12.4. The Kier molecular flexibility index (Phi) is 7.15. The highest BCUT2D eigenvalue weighted by Gasteiger charge is 2.26. The maximum Gasteiger partial charge on any atom is 0.274 e. The molecule has 0 saturated carbocycles. The molecule has 3 rings (SSSR count). The Hall–Kier alpha value is -2.02. The molecular formula is C20H31N5O2. The van der Waals surface area contributed by atoms with Crippen molar-refractivity contribution in [2.75, 3.05) is 32.7 Å². The minimum absolute atomic E-state index is 0.0451. The summed E-state index contributed by atoms with van der Waals surface area (Å²) in [6.45, 7) is 6.64. The first-order valence-electron chi connectivity index (χ1n) is 10.2. The zero-order chi connectivity index (χ0) is 19.1. The van der Waals surface area contributed by atoms with E-state index in [1.807, 2.05) is 4.90 Å². The molecule has 0 aromatic carbocycles. The zero-order valence-corrected chi connectivity index (χ0v) is 16.3. The first kappa shape index (κ1) is 19.7. The lowest BCUT2D eigenvalue weighted by molar-refractivity contribution is -0.121. The molecule has 2 aliphatic rings. The molecule has 1 N–H and O–H groups in total.